The molecular formula is C11H10Cl2N4O. The number of nitrogen functional groups attached to an aromatic ring is 1. The standard InChI is InChI=1S/C11H10Cl2N4O/c1-5-9(14)10(17-16-5)11(18)15-6-2-3-7(12)8(13)4-6/h2-4H,14H2,1H3,(H,15,18)(H,16,17). The molecule has 0 bridgehead atoms. The summed E-state index contributed by atoms with van der Waals surface area (Å²) >= 11 is 11.6. The first-order chi connectivity index (χ1) is 8.49. The molecule has 7 heteroatoms. The first-order valence-electron chi connectivity index (χ1n) is 5.06. The maximum atomic E-state index is 11.9. The van der Waals surface area contributed by atoms with E-state index in [1.807, 2.05) is 0 Å². The molecule has 0 spiro atoms. The highest BCUT2D eigenvalue weighted by molar-refractivity contribution is 6.42. The molecule has 1 aromatic carbocycles. The van der Waals surface area contributed by atoms with Crippen LogP contribution in [0.2, 0.25) is 10.0 Å². The monoisotopic (exact) mass is 284 g/mol. The van der Waals surface area contributed by atoms with Crippen molar-refractivity contribution in [2.75, 3.05) is 11.1 Å². The molecule has 1 aromatic heterocycles. The number of halogens is 2. The zero-order valence-electron chi connectivity index (χ0n) is 9.42. The van der Waals surface area contributed by atoms with Gasteiger partial charge in [0, 0.05) is 5.69 Å². The van der Waals surface area contributed by atoms with E-state index in [9.17, 15) is 4.79 Å². The van der Waals surface area contributed by atoms with E-state index in [4.69, 9.17) is 28.9 Å². The van der Waals surface area contributed by atoms with Gasteiger partial charge in [-0.3, -0.25) is 9.89 Å². The van der Waals surface area contributed by atoms with Gasteiger partial charge < -0.3 is 11.1 Å². The first kappa shape index (κ1) is 12.7. The number of aromatic amines is 1. The van der Waals surface area contributed by atoms with Gasteiger partial charge in [-0.25, -0.2) is 0 Å². The number of aromatic nitrogens is 2. The second-order valence-corrected chi connectivity index (χ2v) is 4.51. The number of nitrogens with two attached hydrogens (primary N) is 1. The zero-order chi connectivity index (χ0) is 13.3. The van der Waals surface area contributed by atoms with Crippen LogP contribution < -0.4 is 11.1 Å². The minimum Gasteiger partial charge on any atom is -0.395 e. The molecule has 0 saturated heterocycles. The second-order valence-electron chi connectivity index (χ2n) is 3.69. The third-order valence-corrected chi connectivity index (χ3v) is 3.13. The number of hydrogen-bond acceptors (Lipinski definition) is 3. The van der Waals surface area contributed by atoms with E-state index in [1.54, 1.807) is 25.1 Å². The van der Waals surface area contributed by atoms with E-state index >= 15 is 0 Å². The van der Waals surface area contributed by atoms with Crippen molar-refractivity contribution in [2.24, 2.45) is 0 Å². The number of rotatable bonds is 2. The number of nitrogens with one attached hydrogen (secondary N) is 2. The van der Waals surface area contributed by atoms with Gasteiger partial charge in [-0.1, -0.05) is 23.2 Å². The Morgan fingerprint density at radius 3 is 2.67 bits per heavy atom. The number of carbonyl (C=O) groups is 1. The highest BCUT2D eigenvalue weighted by Gasteiger charge is 2.15. The van der Waals surface area contributed by atoms with Crippen molar-refractivity contribution in [2.45, 2.75) is 6.92 Å². The van der Waals surface area contributed by atoms with Crippen molar-refractivity contribution in [3.8, 4) is 0 Å². The number of anilines is 2. The number of benzene rings is 1. The highest BCUT2D eigenvalue weighted by atomic mass is 35.5. The van der Waals surface area contributed by atoms with Crippen molar-refractivity contribution in [1.82, 2.24) is 10.2 Å². The Kier molecular flexibility index (Phi) is 3.45. The summed E-state index contributed by atoms with van der Waals surface area (Å²) in [6.07, 6.45) is 0. The molecule has 5 nitrogen and oxygen atoms in total. The summed E-state index contributed by atoms with van der Waals surface area (Å²) in [6.45, 7) is 1.73. The van der Waals surface area contributed by atoms with Crippen molar-refractivity contribution in [3.05, 3.63) is 39.6 Å². The molecule has 0 unspecified atom stereocenters. The lowest BCUT2D eigenvalue weighted by molar-refractivity contribution is 0.102. The van der Waals surface area contributed by atoms with Crippen LogP contribution in [-0.4, -0.2) is 16.1 Å². The lowest BCUT2D eigenvalue weighted by Crippen LogP contribution is -2.14. The molecule has 0 saturated carbocycles. The van der Waals surface area contributed by atoms with Gasteiger partial charge >= 0.3 is 0 Å². The second kappa shape index (κ2) is 4.88. The lowest BCUT2D eigenvalue weighted by atomic mass is 10.2. The van der Waals surface area contributed by atoms with Gasteiger partial charge in [-0.2, -0.15) is 5.10 Å². The summed E-state index contributed by atoms with van der Waals surface area (Å²) in [5.74, 6) is -0.407. The molecule has 0 aliphatic rings. The van der Waals surface area contributed by atoms with Crippen LogP contribution in [0.15, 0.2) is 18.2 Å². The van der Waals surface area contributed by atoms with E-state index in [0.29, 0.717) is 27.1 Å². The molecule has 4 N–H and O–H groups in total. The molecule has 0 atom stereocenters. The SMILES string of the molecule is Cc1[nH]nc(C(=O)Nc2ccc(Cl)c(Cl)c2)c1N. The van der Waals surface area contributed by atoms with Crippen molar-refractivity contribution >= 4 is 40.5 Å². The molecule has 2 rings (SSSR count). The van der Waals surface area contributed by atoms with Crippen LogP contribution in [0.1, 0.15) is 16.2 Å². The highest BCUT2D eigenvalue weighted by Crippen LogP contribution is 2.25. The Morgan fingerprint density at radius 1 is 1.39 bits per heavy atom. The average Bonchev–Trinajstić information content (AvgIpc) is 2.65. The molecule has 1 heterocycles. The molecular weight excluding hydrogens is 275 g/mol. The number of hydrogen-bond donors (Lipinski definition) is 3. The fourth-order valence-electron chi connectivity index (χ4n) is 1.38. The fraction of sp³-hybridized carbons (Fsp3) is 0.0909. The van der Waals surface area contributed by atoms with Gasteiger partial charge in [-0.05, 0) is 25.1 Å². The lowest BCUT2D eigenvalue weighted by Gasteiger charge is -2.05. The molecule has 0 radical (unpaired) electrons. The summed E-state index contributed by atoms with van der Waals surface area (Å²) in [7, 11) is 0. The Hall–Kier alpha value is -1.72. The Bertz CT molecular complexity index is 609. The van der Waals surface area contributed by atoms with Crippen LogP contribution in [0.25, 0.3) is 0 Å². The van der Waals surface area contributed by atoms with Gasteiger partial charge in [-0.15, -0.1) is 0 Å². The third-order valence-electron chi connectivity index (χ3n) is 2.39. The predicted octanol–water partition coefficient (Wildman–Crippen LogP) is 2.86. The van der Waals surface area contributed by atoms with Crippen LogP contribution in [-0.2, 0) is 0 Å². The number of H-pyrrole nitrogens is 1. The van der Waals surface area contributed by atoms with E-state index < -0.39 is 5.91 Å². The molecule has 94 valence electrons. The summed E-state index contributed by atoms with van der Waals surface area (Å²) < 4.78 is 0. The Morgan fingerprint density at radius 2 is 2.11 bits per heavy atom. The number of nitrogens with zero attached hydrogens (tertiary/aromatic N) is 1. The summed E-state index contributed by atoms with van der Waals surface area (Å²) in [4.78, 5) is 11.9. The molecule has 0 fully saturated rings. The molecule has 18 heavy (non-hydrogen) atoms. The van der Waals surface area contributed by atoms with Crippen molar-refractivity contribution in [1.29, 1.82) is 0 Å². The number of amides is 1. The largest absolute Gasteiger partial charge is 0.395 e. The normalized spacial score (nSPS) is 10.4. The van der Waals surface area contributed by atoms with Gasteiger partial charge in [0.15, 0.2) is 5.69 Å². The Labute approximate surface area is 113 Å². The molecule has 0 aliphatic heterocycles. The minimum atomic E-state index is -0.407. The zero-order valence-corrected chi connectivity index (χ0v) is 10.9. The van der Waals surface area contributed by atoms with Gasteiger partial charge in [0.1, 0.15) is 0 Å². The van der Waals surface area contributed by atoms with Crippen LogP contribution in [0.3, 0.4) is 0 Å². The van der Waals surface area contributed by atoms with Gasteiger partial charge in [0.2, 0.25) is 0 Å². The molecule has 0 aliphatic carbocycles. The predicted molar refractivity (Wildman–Crippen MR) is 72.2 cm³/mol. The van der Waals surface area contributed by atoms with E-state index in [1.165, 1.54) is 0 Å². The molecule has 2 aromatic rings. The van der Waals surface area contributed by atoms with E-state index in [0.717, 1.165) is 0 Å². The summed E-state index contributed by atoms with van der Waals surface area (Å²) in [5, 5.41) is 9.89. The van der Waals surface area contributed by atoms with Crippen molar-refractivity contribution in [3.63, 3.8) is 0 Å². The minimum absolute atomic E-state index is 0.151. The average molecular weight is 285 g/mol. The van der Waals surface area contributed by atoms with Gasteiger partial charge in [0.25, 0.3) is 5.91 Å². The van der Waals surface area contributed by atoms with E-state index in [-0.39, 0.29) is 5.69 Å². The maximum absolute atomic E-state index is 11.9. The van der Waals surface area contributed by atoms with Crippen LogP contribution in [0.5, 0.6) is 0 Å². The maximum Gasteiger partial charge on any atom is 0.278 e. The number of carbonyl (C=O) groups excluding carboxylic acids is 1. The van der Waals surface area contributed by atoms with Crippen molar-refractivity contribution < 1.29 is 4.79 Å². The molecule has 1 amide bonds. The van der Waals surface area contributed by atoms with Crippen LogP contribution in [0, 0.1) is 6.92 Å². The first-order valence-corrected chi connectivity index (χ1v) is 5.81. The quantitative estimate of drug-likeness (QED) is 0.793. The van der Waals surface area contributed by atoms with E-state index in [2.05, 4.69) is 15.5 Å². The topological polar surface area (TPSA) is 83.8 Å². The fourth-order valence-corrected chi connectivity index (χ4v) is 1.67. The van der Waals surface area contributed by atoms with Gasteiger partial charge in [0.05, 0.1) is 21.4 Å². The van der Waals surface area contributed by atoms with Crippen LogP contribution in [0.4, 0.5) is 11.4 Å². The Balaban J connectivity index is 2.21. The summed E-state index contributed by atoms with van der Waals surface area (Å²) in [6, 6.07) is 4.79. The smallest absolute Gasteiger partial charge is 0.278 e. The third kappa shape index (κ3) is 2.42. The number of aryl methyl sites for hydroxylation is 1. The van der Waals surface area contributed by atoms with Crippen LogP contribution >= 0.6 is 23.2 Å². The summed E-state index contributed by atoms with van der Waals surface area (Å²) in [5.41, 5.74) is 7.36.